The Morgan fingerprint density at radius 3 is 2.47 bits per heavy atom. The Bertz CT molecular complexity index is 284. The number of hydrogen-bond donors (Lipinski definition) is 1. The van der Waals surface area contributed by atoms with Crippen LogP contribution in [0.5, 0.6) is 0 Å². The summed E-state index contributed by atoms with van der Waals surface area (Å²) in [5.41, 5.74) is 0. The van der Waals surface area contributed by atoms with Gasteiger partial charge in [-0.1, -0.05) is 13.3 Å². The van der Waals surface area contributed by atoms with Gasteiger partial charge in [-0.15, -0.1) is 0 Å². The van der Waals surface area contributed by atoms with Crippen LogP contribution in [-0.4, -0.2) is 49.8 Å². The summed E-state index contributed by atoms with van der Waals surface area (Å²) in [6.45, 7) is 6.01. The van der Waals surface area contributed by atoms with E-state index in [1.165, 1.54) is 58.2 Å². The van der Waals surface area contributed by atoms with Gasteiger partial charge in [0.05, 0.1) is 12.2 Å². The first-order valence-electron chi connectivity index (χ1n) is 8.33. The fourth-order valence-electron chi connectivity index (χ4n) is 4.49. The van der Waals surface area contributed by atoms with Gasteiger partial charge in [0.25, 0.3) is 0 Å². The maximum Gasteiger partial charge on any atom is 0.0707 e. The molecule has 1 N–H and O–H groups in total. The van der Waals surface area contributed by atoms with Crippen LogP contribution in [0.4, 0.5) is 0 Å². The minimum atomic E-state index is 0.539. The van der Waals surface area contributed by atoms with Crippen LogP contribution in [-0.2, 0) is 4.74 Å². The molecule has 0 aromatic heterocycles. The van der Waals surface area contributed by atoms with Gasteiger partial charge in [0, 0.05) is 25.7 Å². The zero-order valence-electron chi connectivity index (χ0n) is 12.6. The molecule has 2 saturated heterocycles. The first-order valence-corrected chi connectivity index (χ1v) is 8.33. The van der Waals surface area contributed by atoms with Gasteiger partial charge < -0.3 is 10.1 Å². The van der Waals surface area contributed by atoms with Gasteiger partial charge in [0.1, 0.15) is 0 Å². The smallest absolute Gasteiger partial charge is 0.0707 e. The lowest BCUT2D eigenvalue weighted by Gasteiger charge is -2.41. The van der Waals surface area contributed by atoms with Gasteiger partial charge in [0.15, 0.2) is 0 Å². The van der Waals surface area contributed by atoms with Crippen molar-refractivity contribution in [3.8, 4) is 0 Å². The Labute approximate surface area is 118 Å². The number of ether oxygens (including phenoxy) is 1. The van der Waals surface area contributed by atoms with Crippen molar-refractivity contribution in [2.24, 2.45) is 11.8 Å². The van der Waals surface area contributed by atoms with Gasteiger partial charge in [-0.2, -0.15) is 0 Å². The van der Waals surface area contributed by atoms with Crippen LogP contribution in [0, 0.1) is 11.8 Å². The molecule has 2 heterocycles. The second kappa shape index (κ2) is 6.11. The molecular weight excluding hydrogens is 236 g/mol. The molecule has 3 fully saturated rings. The van der Waals surface area contributed by atoms with Crippen molar-refractivity contribution in [1.29, 1.82) is 0 Å². The Balaban J connectivity index is 1.57. The van der Waals surface area contributed by atoms with Crippen molar-refractivity contribution in [2.45, 2.75) is 63.7 Å². The molecule has 19 heavy (non-hydrogen) atoms. The summed E-state index contributed by atoms with van der Waals surface area (Å²) in [6, 6.07) is 0.739. The van der Waals surface area contributed by atoms with E-state index in [4.69, 9.17) is 4.74 Å². The standard InChI is InChI=1S/C16H30N2O/c1-3-12-4-7-16(17-2)13(8-12)9-18-10-14-5-6-15(11-18)19-14/h12-17H,3-11H2,1-2H3. The van der Waals surface area contributed by atoms with E-state index in [0.29, 0.717) is 12.2 Å². The lowest BCUT2D eigenvalue weighted by molar-refractivity contribution is -0.0464. The maximum absolute atomic E-state index is 5.95. The van der Waals surface area contributed by atoms with E-state index >= 15 is 0 Å². The minimum Gasteiger partial charge on any atom is -0.372 e. The number of fused-ring (bicyclic) bond motifs is 2. The fourth-order valence-corrected chi connectivity index (χ4v) is 4.49. The van der Waals surface area contributed by atoms with Crippen LogP contribution in [0.1, 0.15) is 45.4 Å². The van der Waals surface area contributed by atoms with Crippen LogP contribution in [0.3, 0.4) is 0 Å². The first-order chi connectivity index (χ1) is 9.28. The van der Waals surface area contributed by atoms with Gasteiger partial charge in [-0.3, -0.25) is 4.90 Å². The number of morpholine rings is 1. The average molecular weight is 266 g/mol. The van der Waals surface area contributed by atoms with E-state index in [9.17, 15) is 0 Å². The van der Waals surface area contributed by atoms with Crippen molar-refractivity contribution in [2.75, 3.05) is 26.7 Å². The Kier molecular flexibility index (Phi) is 4.45. The predicted molar refractivity (Wildman–Crippen MR) is 78.3 cm³/mol. The van der Waals surface area contributed by atoms with Crippen molar-refractivity contribution in [1.82, 2.24) is 10.2 Å². The lowest BCUT2D eigenvalue weighted by Crippen LogP contribution is -2.49. The summed E-state index contributed by atoms with van der Waals surface area (Å²) in [5, 5.41) is 3.57. The average Bonchev–Trinajstić information content (AvgIpc) is 2.78. The zero-order valence-corrected chi connectivity index (χ0v) is 12.6. The van der Waals surface area contributed by atoms with Crippen LogP contribution >= 0.6 is 0 Å². The number of nitrogens with zero attached hydrogens (tertiary/aromatic N) is 1. The van der Waals surface area contributed by atoms with Crippen LogP contribution in [0.15, 0.2) is 0 Å². The quantitative estimate of drug-likeness (QED) is 0.845. The van der Waals surface area contributed by atoms with E-state index in [-0.39, 0.29) is 0 Å². The molecule has 2 aliphatic heterocycles. The van der Waals surface area contributed by atoms with Crippen LogP contribution in [0.2, 0.25) is 0 Å². The maximum atomic E-state index is 5.95. The summed E-state index contributed by atoms with van der Waals surface area (Å²) in [7, 11) is 2.15. The van der Waals surface area contributed by atoms with Crippen molar-refractivity contribution in [3.63, 3.8) is 0 Å². The Morgan fingerprint density at radius 1 is 1.11 bits per heavy atom. The van der Waals surface area contributed by atoms with E-state index in [1.807, 2.05) is 0 Å². The highest BCUT2D eigenvalue weighted by Crippen LogP contribution is 2.33. The molecule has 3 rings (SSSR count). The summed E-state index contributed by atoms with van der Waals surface area (Å²) >= 11 is 0. The highest BCUT2D eigenvalue weighted by atomic mass is 16.5. The molecule has 0 amide bonds. The fraction of sp³-hybridized carbons (Fsp3) is 1.00. The summed E-state index contributed by atoms with van der Waals surface area (Å²) in [6.07, 6.45) is 9.24. The van der Waals surface area contributed by atoms with E-state index in [1.54, 1.807) is 0 Å². The largest absolute Gasteiger partial charge is 0.372 e. The molecule has 2 bridgehead atoms. The summed E-state index contributed by atoms with van der Waals surface area (Å²) < 4.78 is 5.95. The second-order valence-electron chi connectivity index (χ2n) is 6.92. The molecule has 0 radical (unpaired) electrons. The first kappa shape index (κ1) is 13.8. The second-order valence-corrected chi connectivity index (χ2v) is 6.92. The molecule has 1 aliphatic carbocycles. The predicted octanol–water partition coefficient (Wildman–Crippen LogP) is 2.26. The molecule has 0 spiro atoms. The third-order valence-electron chi connectivity index (χ3n) is 5.65. The monoisotopic (exact) mass is 266 g/mol. The topological polar surface area (TPSA) is 24.5 Å². The van der Waals surface area contributed by atoms with Gasteiger partial charge in [-0.25, -0.2) is 0 Å². The summed E-state index contributed by atoms with van der Waals surface area (Å²) in [5.74, 6) is 1.81. The molecule has 5 atom stereocenters. The minimum absolute atomic E-state index is 0.539. The molecule has 5 unspecified atom stereocenters. The van der Waals surface area contributed by atoms with Crippen LogP contribution < -0.4 is 5.32 Å². The van der Waals surface area contributed by atoms with Crippen LogP contribution in [0.25, 0.3) is 0 Å². The van der Waals surface area contributed by atoms with Crippen molar-refractivity contribution in [3.05, 3.63) is 0 Å². The van der Waals surface area contributed by atoms with Gasteiger partial charge in [0.2, 0.25) is 0 Å². The SMILES string of the molecule is CCC1CCC(NC)C(CN2CC3CCC(C2)O3)C1. The third kappa shape index (κ3) is 3.14. The Morgan fingerprint density at radius 2 is 1.84 bits per heavy atom. The van der Waals surface area contributed by atoms with Crippen molar-refractivity contribution >= 4 is 0 Å². The third-order valence-corrected chi connectivity index (χ3v) is 5.65. The molecule has 0 aromatic rings. The van der Waals surface area contributed by atoms with Gasteiger partial charge >= 0.3 is 0 Å². The molecule has 3 nitrogen and oxygen atoms in total. The molecular formula is C16H30N2O. The van der Waals surface area contributed by atoms with E-state index in [2.05, 4.69) is 24.2 Å². The van der Waals surface area contributed by atoms with E-state index < -0.39 is 0 Å². The highest BCUT2D eigenvalue weighted by molar-refractivity contribution is 4.90. The number of nitrogens with one attached hydrogen (secondary N) is 1. The van der Waals surface area contributed by atoms with Gasteiger partial charge in [-0.05, 0) is 51.0 Å². The number of hydrogen-bond acceptors (Lipinski definition) is 3. The molecule has 3 aliphatic rings. The molecule has 1 saturated carbocycles. The molecule has 0 aromatic carbocycles. The number of likely N-dealkylation sites (tertiary alicyclic amines) is 1. The lowest BCUT2D eigenvalue weighted by atomic mass is 9.76. The summed E-state index contributed by atoms with van der Waals surface area (Å²) in [4.78, 5) is 2.69. The zero-order chi connectivity index (χ0) is 13.2. The molecule has 110 valence electrons. The molecule has 3 heteroatoms. The van der Waals surface area contributed by atoms with E-state index in [0.717, 1.165) is 17.9 Å². The Hall–Kier alpha value is -0.120. The number of rotatable bonds is 4. The normalized spacial score (nSPS) is 43.6. The highest BCUT2D eigenvalue weighted by Gasteiger charge is 2.36. The van der Waals surface area contributed by atoms with Crippen molar-refractivity contribution < 1.29 is 4.74 Å².